The molecule has 0 fully saturated rings. The van der Waals surface area contributed by atoms with Gasteiger partial charge in [0, 0.05) is 5.02 Å². The van der Waals surface area contributed by atoms with E-state index in [1.54, 1.807) is 11.0 Å². The maximum atomic E-state index is 5.98. The van der Waals surface area contributed by atoms with Crippen molar-refractivity contribution >= 4 is 11.6 Å². The molecule has 0 aliphatic carbocycles. The van der Waals surface area contributed by atoms with Crippen molar-refractivity contribution in [1.82, 2.24) is 14.8 Å². The van der Waals surface area contributed by atoms with Gasteiger partial charge in [0.25, 0.3) is 0 Å². The molecule has 0 aliphatic heterocycles. The SMILES string of the molecule is CC(C)c1cc(Cl)ccc1-n1cncn1. The molecule has 0 aliphatic rings. The Morgan fingerprint density at radius 1 is 1.33 bits per heavy atom. The molecule has 0 radical (unpaired) electrons. The molecule has 0 amide bonds. The molecule has 0 unspecified atom stereocenters. The third-order valence-corrected chi connectivity index (χ3v) is 2.51. The van der Waals surface area contributed by atoms with E-state index >= 15 is 0 Å². The Morgan fingerprint density at radius 3 is 2.73 bits per heavy atom. The highest BCUT2D eigenvalue weighted by Crippen LogP contribution is 2.25. The number of halogens is 1. The predicted molar refractivity (Wildman–Crippen MR) is 60.5 cm³/mol. The highest BCUT2D eigenvalue weighted by molar-refractivity contribution is 6.30. The molecule has 0 saturated carbocycles. The number of rotatable bonds is 2. The standard InChI is InChI=1S/C11H12ClN3/c1-8(2)10-5-9(12)3-4-11(10)15-7-13-6-14-15/h3-8H,1-2H3. The van der Waals surface area contributed by atoms with Gasteiger partial charge in [-0.15, -0.1) is 0 Å². The number of hydrogen-bond donors (Lipinski definition) is 0. The summed E-state index contributed by atoms with van der Waals surface area (Å²) in [7, 11) is 0. The Hall–Kier alpha value is -1.35. The van der Waals surface area contributed by atoms with Crippen molar-refractivity contribution in [3.8, 4) is 5.69 Å². The third-order valence-electron chi connectivity index (χ3n) is 2.28. The second kappa shape index (κ2) is 4.03. The molecule has 78 valence electrons. The first-order valence-corrected chi connectivity index (χ1v) is 5.20. The Bertz CT molecular complexity index is 449. The Morgan fingerprint density at radius 2 is 2.13 bits per heavy atom. The van der Waals surface area contributed by atoms with Crippen LogP contribution in [0.25, 0.3) is 5.69 Å². The van der Waals surface area contributed by atoms with E-state index in [4.69, 9.17) is 11.6 Å². The normalized spacial score (nSPS) is 10.9. The molecule has 2 rings (SSSR count). The van der Waals surface area contributed by atoms with Gasteiger partial charge in [-0.05, 0) is 29.7 Å². The average Bonchev–Trinajstić information content (AvgIpc) is 2.70. The Kier molecular flexibility index (Phi) is 2.73. The van der Waals surface area contributed by atoms with E-state index in [0.29, 0.717) is 5.92 Å². The zero-order valence-electron chi connectivity index (χ0n) is 8.68. The molecule has 1 aromatic heterocycles. The van der Waals surface area contributed by atoms with Gasteiger partial charge >= 0.3 is 0 Å². The summed E-state index contributed by atoms with van der Waals surface area (Å²) < 4.78 is 1.76. The fourth-order valence-electron chi connectivity index (χ4n) is 1.53. The van der Waals surface area contributed by atoms with Gasteiger partial charge in [0.2, 0.25) is 0 Å². The predicted octanol–water partition coefficient (Wildman–Crippen LogP) is 3.04. The molecule has 15 heavy (non-hydrogen) atoms. The quantitative estimate of drug-likeness (QED) is 0.781. The zero-order valence-corrected chi connectivity index (χ0v) is 9.44. The van der Waals surface area contributed by atoms with Gasteiger partial charge in [0.05, 0.1) is 5.69 Å². The van der Waals surface area contributed by atoms with Gasteiger partial charge in [0.1, 0.15) is 12.7 Å². The van der Waals surface area contributed by atoms with Gasteiger partial charge < -0.3 is 0 Å². The monoisotopic (exact) mass is 221 g/mol. The second-order valence-electron chi connectivity index (χ2n) is 3.70. The fourth-order valence-corrected chi connectivity index (χ4v) is 1.71. The van der Waals surface area contributed by atoms with E-state index in [0.717, 1.165) is 10.7 Å². The summed E-state index contributed by atoms with van der Waals surface area (Å²) in [5.41, 5.74) is 2.21. The zero-order chi connectivity index (χ0) is 10.8. The van der Waals surface area contributed by atoms with Crippen LogP contribution in [0.4, 0.5) is 0 Å². The summed E-state index contributed by atoms with van der Waals surface area (Å²) in [6.45, 7) is 4.26. The van der Waals surface area contributed by atoms with Crippen LogP contribution in [0.3, 0.4) is 0 Å². The third kappa shape index (κ3) is 2.02. The lowest BCUT2D eigenvalue weighted by Gasteiger charge is -2.12. The van der Waals surface area contributed by atoms with Crippen molar-refractivity contribution in [2.45, 2.75) is 19.8 Å². The lowest BCUT2D eigenvalue weighted by molar-refractivity contribution is 0.808. The Labute approximate surface area is 93.7 Å². The van der Waals surface area contributed by atoms with Crippen LogP contribution in [0.15, 0.2) is 30.9 Å². The molecule has 0 atom stereocenters. The van der Waals surface area contributed by atoms with Crippen LogP contribution in [0.1, 0.15) is 25.3 Å². The van der Waals surface area contributed by atoms with E-state index in [9.17, 15) is 0 Å². The average molecular weight is 222 g/mol. The summed E-state index contributed by atoms with van der Waals surface area (Å²) >= 11 is 5.98. The number of aromatic nitrogens is 3. The highest BCUT2D eigenvalue weighted by Gasteiger charge is 2.09. The van der Waals surface area contributed by atoms with Crippen LogP contribution >= 0.6 is 11.6 Å². The van der Waals surface area contributed by atoms with Crippen molar-refractivity contribution in [2.75, 3.05) is 0 Å². The number of benzene rings is 1. The van der Waals surface area contributed by atoms with Crippen molar-refractivity contribution in [3.63, 3.8) is 0 Å². The largest absolute Gasteiger partial charge is 0.223 e. The molecule has 0 saturated heterocycles. The van der Waals surface area contributed by atoms with Crippen molar-refractivity contribution in [1.29, 1.82) is 0 Å². The lowest BCUT2D eigenvalue weighted by Crippen LogP contribution is -2.01. The van der Waals surface area contributed by atoms with Gasteiger partial charge in [-0.2, -0.15) is 5.10 Å². The highest BCUT2D eigenvalue weighted by atomic mass is 35.5. The van der Waals surface area contributed by atoms with Crippen LogP contribution in [-0.2, 0) is 0 Å². The maximum absolute atomic E-state index is 5.98. The van der Waals surface area contributed by atoms with Crippen LogP contribution in [-0.4, -0.2) is 14.8 Å². The van der Waals surface area contributed by atoms with Gasteiger partial charge in [0.15, 0.2) is 0 Å². The van der Waals surface area contributed by atoms with E-state index in [2.05, 4.69) is 23.9 Å². The topological polar surface area (TPSA) is 30.7 Å². The van der Waals surface area contributed by atoms with Gasteiger partial charge in [-0.3, -0.25) is 0 Å². The van der Waals surface area contributed by atoms with E-state index < -0.39 is 0 Å². The van der Waals surface area contributed by atoms with Crippen LogP contribution in [0, 0.1) is 0 Å². The molecule has 0 bridgehead atoms. The van der Waals surface area contributed by atoms with Gasteiger partial charge in [-0.25, -0.2) is 9.67 Å². The van der Waals surface area contributed by atoms with E-state index in [1.165, 1.54) is 11.9 Å². The smallest absolute Gasteiger partial charge is 0.138 e. The van der Waals surface area contributed by atoms with Crippen molar-refractivity contribution < 1.29 is 0 Å². The van der Waals surface area contributed by atoms with Crippen molar-refractivity contribution in [3.05, 3.63) is 41.4 Å². The summed E-state index contributed by atoms with van der Waals surface area (Å²) in [6.07, 6.45) is 3.22. The lowest BCUT2D eigenvalue weighted by atomic mass is 10.0. The molecule has 4 heteroatoms. The molecule has 0 spiro atoms. The minimum atomic E-state index is 0.405. The fraction of sp³-hybridized carbons (Fsp3) is 0.273. The van der Waals surface area contributed by atoms with E-state index in [-0.39, 0.29) is 0 Å². The molecular formula is C11H12ClN3. The summed E-state index contributed by atoms with van der Waals surface area (Å²) in [5, 5.41) is 4.87. The molecule has 1 aromatic carbocycles. The molecule has 2 aromatic rings. The number of hydrogen-bond acceptors (Lipinski definition) is 2. The molecule has 1 heterocycles. The minimum Gasteiger partial charge on any atom is -0.223 e. The maximum Gasteiger partial charge on any atom is 0.138 e. The summed E-state index contributed by atoms with van der Waals surface area (Å²) in [4.78, 5) is 3.94. The molecule has 3 nitrogen and oxygen atoms in total. The van der Waals surface area contributed by atoms with Crippen LogP contribution in [0.5, 0.6) is 0 Å². The molecule has 0 N–H and O–H groups in total. The second-order valence-corrected chi connectivity index (χ2v) is 4.13. The van der Waals surface area contributed by atoms with E-state index in [1.807, 2.05) is 18.2 Å². The first-order chi connectivity index (χ1) is 7.18. The summed E-state index contributed by atoms with van der Waals surface area (Å²) in [6, 6.07) is 5.81. The van der Waals surface area contributed by atoms with Gasteiger partial charge in [-0.1, -0.05) is 25.4 Å². The van der Waals surface area contributed by atoms with Crippen LogP contribution < -0.4 is 0 Å². The van der Waals surface area contributed by atoms with Crippen LogP contribution in [0.2, 0.25) is 5.02 Å². The number of nitrogens with zero attached hydrogens (tertiary/aromatic N) is 3. The Balaban J connectivity index is 2.56. The van der Waals surface area contributed by atoms with Crippen molar-refractivity contribution in [2.24, 2.45) is 0 Å². The first kappa shape index (κ1) is 10.2. The summed E-state index contributed by atoms with van der Waals surface area (Å²) in [5.74, 6) is 0.405. The molecular weight excluding hydrogens is 210 g/mol. The first-order valence-electron chi connectivity index (χ1n) is 4.83. The minimum absolute atomic E-state index is 0.405.